The van der Waals surface area contributed by atoms with E-state index >= 15 is 0 Å². The molecule has 4 nitrogen and oxygen atoms in total. The second-order valence-electron chi connectivity index (χ2n) is 4.82. The third-order valence-electron chi connectivity index (χ3n) is 2.47. The van der Waals surface area contributed by atoms with Gasteiger partial charge in [0.05, 0.1) is 5.60 Å². The van der Waals surface area contributed by atoms with Crippen LogP contribution in [0, 0.1) is 0 Å². The van der Waals surface area contributed by atoms with Crippen molar-refractivity contribution in [3.8, 4) is 11.5 Å². The van der Waals surface area contributed by atoms with Crippen LogP contribution in [0.1, 0.15) is 20.3 Å². The maximum Gasteiger partial charge on any atom is 0.586 e. The van der Waals surface area contributed by atoms with Gasteiger partial charge in [0.25, 0.3) is 0 Å². The van der Waals surface area contributed by atoms with Crippen molar-refractivity contribution in [2.45, 2.75) is 32.2 Å². The van der Waals surface area contributed by atoms with Crippen LogP contribution in [0.3, 0.4) is 0 Å². The Morgan fingerprint density at radius 2 is 1.94 bits per heavy atom. The van der Waals surface area contributed by atoms with Crippen molar-refractivity contribution in [3.63, 3.8) is 0 Å². The van der Waals surface area contributed by atoms with Crippen LogP contribution in [0.15, 0.2) is 18.2 Å². The summed E-state index contributed by atoms with van der Waals surface area (Å²) in [4.78, 5) is 0. The van der Waals surface area contributed by atoms with Crippen molar-refractivity contribution in [2.75, 3.05) is 11.9 Å². The molecule has 1 aromatic carbocycles. The van der Waals surface area contributed by atoms with Gasteiger partial charge < -0.3 is 19.9 Å². The molecule has 0 radical (unpaired) electrons. The minimum Gasteiger partial charge on any atom is -0.395 e. The number of fused-ring (bicyclic) bond motifs is 1. The van der Waals surface area contributed by atoms with E-state index in [1.165, 1.54) is 12.1 Å². The molecule has 0 saturated carbocycles. The van der Waals surface area contributed by atoms with Gasteiger partial charge in [-0.2, -0.15) is 0 Å². The molecule has 18 heavy (non-hydrogen) atoms. The Labute approximate surface area is 104 Å². The first-order valence-corrected chi connectivity index (χ1v) is 5.61. The third kappa shape index (κ3) is 3.22. The van der Waals surface area contributed by atoms with Gasteiger partial charge >= 0.3 is 6.29 Å². The molecule has 0 saturated heterocycles. The average molecular weight is 259 g/mol. The molecule has 1 aromatic rings. The Kier molecular flexibility index (Phi) is 3.06. The van der Waals surface area contributed by atoms with Crippen LogP contribution in [-0.4, -0.2) is 23.5 Å². The lowest BCUT2D eigenvalue weighted by molar-refractivity contribution is -0.286. The van der Waals surface area contributed by atoms with Gasteiger partial charge in [-0.1, -0.05) is 0 Å². The summed E-state index contributed by atoms with van der Waals surface area (Å²) < 4.78 is 34.2. The number of aliphatic hydroxyl groups is 1. The topological polar surface area (TPSA) is 50.7 Å². The molecule has 0 fully saturated rings. The highest BCUT2D eigenvalue weighted by molar-refractivity contribution is 5.55. The molecule has 1 aliphatic rings. The molecule has 0 bridgehead atoms. The lowest BCUT2D eigenvalue weighted by Gasteiger charge is -2.17. The standard InChI is InChI=1S/C12H15F2NO3/c1-11(2,16)5-6-15-8-3-4-9-10(7-8)18-12(13,14)17-9/h3-4,7,15-16H,5-6H2,1-2H3. The molecule has 2 rings (SSSR count). The summed E-state index contributed by atoms with van der Waals surface area (Å²) in [5.41, 5.74) is -0.129. The maximum absolute atomic E-state index is 12.8. The Bertz CT molecular complexity index is 443. The SMILES string of the molecule is CC(C)(O)CCNc1ccc2c(c1)OC(F)(F)O2. The first-order chi connectivity index (χ1) is 8.25. The van der Waals surface area contributed by atoms with Crippen molar-refractivity contribution in [2.24, 2.45) is 0 Å². The fraction of sp³-hybridized carbons (Fsp3) is 0.500. The van der Waals surface area contributed by atoms with Gasteiger partial charge in [-0.05, 0) is 32.4 Å². The van der Waals surface area contributed by atoms with Crippen molar-refractivity contribution < 1.29 is 23.4 Å². The molecule has 0 spiro atoms. The Morgan fingerprint density at radius 3 is 2.61 bits per heavy atom. The molecular formula is C12H15F2NO3. The van der Waals surface area contributed by atoms with E-state index in [0.717, 1.165) is 0 Å². The zero-order chi connectivity index (χ0) is 13.4. The van der Waals surface area contributed by atoms with E-state index in [4.69, 9.17) is 0 Å². The number of alkyl halides is 2. The van der Waals surface area contributed by atoms with Crippen LogP contribution < -0.4 is 14.8 Å². The molecule has 1 aliphatic heterocycles. The second kappa shape index (κ2) is 4.28. The molecule has 1 heterocycles. The lowest BCUT2D eigenvalue weighted by Crippen LogP contribution is -2.25. The highest BCUT2D eigenvalue weighted by Crippen LogP contribution is 2.42. The smallest absolute Gasteiger partial charge is 0.395 e. The van der Waals surface area contributed by atoms with Gasteiger partial charge in [-0.25, -0.2) is 0 Å². The predicted molar refractivity (Wildman–Crippen MR) is 62.0 cm³/mol. The summed E-state index contributed by atoms with van der Waals surface area (Å²) in [7, 11) is 0. The minimum absolute atomic E-state index is 0.00765. The summed E-state index contributed by atoms with van der Waals surface area (Å²) >= 11 is 0. The van der Waals surface area contributed by atoms with Crippen LogP contribution in [0.2, 0.25) is 0 Å². The van der Waals surface area contributed by atoms with Gasteiger partial charge in [0.2, 0.25) is 0 Å². The number of benzene rings is 1. The number of nitrogens with one attached hydrogen (secondary N) is 1. The minimum atomic E-state index is -3.59. The molecule has 0 aliphatic carbocycles. The molecule has 0 amide bonds. The zero-order valence-corrected chi connectivity index (χ0v) is 10.2. The first kappa shape index (κ1) is 12.9. The van der Waals surface area contributed by atoms with Crippen molar-refractivity contribution >= 4 is 5.69 Å². The number of halogens is 2. The molecular weight excluding hydrogens is 244 g/mol. The van der Waals surface area contributed by atoms with E-state index in [2.05, 4.69) is 14.8 Å². The Hall–Kier alpha value is -1.56. The Morgan fingerprint density at radius 1 is 1.28 bits per heavy atom. The van der Waals surface area contributed by atoms with Gasteiger partial charge in [-0.15, -0.1) is 8.78 Å². The van der Waals surface area contributed by atoms with E-state index in [1.54, 1.807) is 19.9 Å². The summed E-state index contributed by atoms with van der Waals surface area (Å²) in [5, 5.41) is 12.6. The van der Waals surface area contributed by atoms with E-state index in [9.17, 15) is 13.9 Å². The van der Waals surface area contributed by atoms with Gasteiger partial charge in [-0.3, -0.25) is 0 Å². The number of ether oxygens (including phenoxy) is 2. The summed E-state index contributed by atoms with van der Waals surface area (Å²) in [6.07, 6.45) is -3.05. The number of hydrogen-bond donors (Lipinski definition) is 2. The van der Waals surface area contributed by atoms with Crippen LogP contribution in [0.4, 0.5) is 14.5 Å². The van der Waals surface area contributed by atoms with E-state index in [-0.39, 0.29) is 11.5 Å². The molecule has 0 aromatic heterocycles. The van der Waals surface area contributed by atoms with E-state index in [1.807, 2.05) is 0 Å². The Balaban J connectivity index is 1.97. The highest BCUT2D eigenvalue weighted by atomic mass is 19.3. The fourth-order valence-corrected chi connectivity index (χ4v) is 1.57. The molecule has 6 heteroatoms. The molecule has 100 valence electrons. The summed E-state index contributed by atoms with van der Waals surface area (Å²) in [5.74, 6) is 0.0290. The normalized spacial score (nSPS) is 16.7. The molecule has 2 N–H and O–H groups in total. The average Bonchev–Trinajstić information content (AvgIpc) is 2.49. The van der Waals surface area contributed by atoms with Crippen LogP contribution in [0.25, 0.3) is 0 Å². The van der Waals surface area contributed by atoms with Gasteiger partial charge in [0.1, 0.15) is 0 Å². The quantitative estimate of drug-likeness (QED) is 0.872. The highest BCUT2D eigenvalue weighted by Gasteiger charge is 2.43. The molecule has 0 unspecified atom stereocenters. The van der Waals surface area contributed by atoms with E-state index < -0.39 is 11.9 Å². The lowest BCUT2D eigenvalue weighted by atomic mass is 10.1. The monoisotopic (exact) mass is 259 g/mol. The van der Waals surface area contributed by atoms with Crippen LogP contribution in [-0.2, 0) is 0 Å². The maximum atomic E-state index is 12.8. The van der Waals surface area contributed by atoms with Crippen molar-refractivity contribution in [1.29, 1.82) is 0 Å². The largest absolute Gasteiger partial charge is 0.586 e. The van der Waals surface area contributed by atoms with Gasteiger partial charge in [0.15, 0.2) is 11.5 Å². The predicted octanol–water partition coefficient (Wildman–Crippen LogP) is 2.58. The first-order valence-electron chi connectivity index (χ1n) is 5.61. The van der Waals surface area contributed by atoms with Crippen molar-refractivity contribution in [1.82, 2.24) is 0 Å². The third-order valence-corrected chi connectivity index (χ3v) is 2.47. The summed E-state index contributed by atoms with van der Waals surface area (Å²) in [6, 6.07) is 4.48. The molecule has 0 atom stereocenters. The second-order valence-corrected chi connectivity index (χ2v) is 4.82. The van der Waals surface area contributed by atoms with Crippen LogP contribution in [0.5, 0.6) is 11.5 Å². The van der Waals surface area contributed by atoms with E-state index in [0.29, 0.717) is 18.7 Å². The number of anilines is 1. The number of hydrogen-bond acceptors (Lipinski definition) is 4. The van der Waals surface area contributed by atoms with Crippen LogP contribution >= 0.6 is 0 Å². The van der Waals surface area contributed by atoms with Gasteiger partial charge in [0, 0.05) is 18.3 Å². The zero-order valence-electron chi connectivity index (χ0n) is 10.2. The van der Waals surface area contributed by atoms with Crippen molar-refractivity contribution in [3.05, 3.63) is 18.2 Å². The summed E-state index contributed by atoms with van der Waals surface area (Å²) in [6.45, 7) is 3.93. The fourth-order valence-electron chi connectivity index (χ4n) is 1.57. The number of rotatable bonds is 4.